The van der Waals surface area contributed by atoms with Gasteiger partial charge in [0.1, 0.15) is 5.82 Å². The van der Waals surface area contributed by atoms with Crippen LogP contribution in [0.25, 0.3) is 11.2 Å². The Morgan fingerprint density at radius 3 is 2.43 bits per heavy atom. The van der Waals surface area contributed by atoms with E-state index in [4.69, 9.17) is 11.6 Å². The molecule has 3 aromatic rings. The predicted octanol–water partition coefficient (Wildman–Crippen LogP) is 4.96. The lowest BCUT2D eigenvalue weighted by molar-refractivity contribution is -0.172. The third-order valence-electron chi connectivity index (χ3n) is 5.16. The van der Waals surface area contributed by atoms with Crippen molar-refractivity contribution in [1.82, 2.24) is 19.5 Å². The number of hydrogen-bond acceptors (Lipinski definition) is 4. The highest BCUT2D eigenvalue weighted by Crippen LogP contribution is 2.43. The van der Waals surface area contributed by atoms with Gasteiger partial charge in [-0.1, -0.05) is 43.1 Å². The van der Waals surface area contributed by atoms with Crippen LogP contribution < -0.4 is 4.90 Å². The first-order chi connectivity index (χ1) is 14.2. The van der Waals surface area contributed by atoms with Gasteiger partial charge >= 0.3 is 11.8 Å². The molecule has 0 atom stereocenters. The van der Waals surface area contributed by atoms with Gasteiger partial charge in [-0.05, 0) is 18.1 Å². The SMILES string of the molecule is CCCCc1nc(N2CC(F)(F)C(F)(F)C2)c2ncn(Cc3ccccc3Cl)c2n1. The fourth-order valence-corrected chi connectivity index (χ4v) is 3.68. The normalized spacial score (nSPS) is 17.7. The zero-order valence-corrected chi connectivity index (χ0v) is 17.0. The van der Waals surface area contributed by atoms with Gasteiger partial charge in [0.15, 0.2) is 17.0 Å². The summed E-state index contributed by atoms with van der Waals surface area (Å²) in [7, 11) is 0. The molecule has 0 bridgehead atoms. The number of halogens is 5. The highest BCUT2D eigenvalue weighted by Gasteiger charge is 2.63. The number of imidazole rings is 1. The molecule has 0 radical (unpaired) electrons. The Hall–Kier alpha value is -2.42. The first kappa shape index (κ1) is 20.8. The average molecular weight is 442 g/mol. The predicted molar refractivity (Wildman–Crippen MR) is 107 cm³/mol. The topological polar surface area (TPSA) is 46.8 Å². The minimum Gasteiger partial charge on any atom is -0.342 e. The van der Waals surface area contributed by atoms with E-state index in [0.29, 0.717) is 29.5 Å². The van der Waals surface area contributed by atoms with Crippen molar-refractivity contribution in [3.05, 3.63) is 47.0 Å². The highest BCUT2D eigenvalue weighted by molar-refractivity contribution is 6.31. The molecule has 30 heavy (non-hydrogen) atoms. The maximum Gasteiger partial charge on any atom is 0.329 e. The average Bonchev–Trinajstić information content (AvgIpc) is 3.18. The molecule has 0 aliphatic carbocycles. The van der Waals surface area contributed by atoms with Crippen molar-refractivity contribution in [2.75, 3.05) is 18.0 Å². The summed E-state index contributed by atoms with van der Waals surface area (Å²) < 4.78 is 57.0. The second-order valence-electron chi connectivity index (χ2n) is 7.47. The molecule has 1 aromatic carbocycles. The molecule has 5 nitrogen and oxygen atoms in total. The van der Waals surface area contributed by atoms with E-state index in [-0.39, 0.29) is 11.3 Å². The molecule has 1 aliphatic heterocycles. The van der Waals surface area contributed by atoms with E-state index in [1.807, 2.05) is 25.1 Å². The molecule has 1 aliphatic rings. The van der Waals surface area contributed by atoms with Crippen molar-refractivity contribution in [2.45, 2.75) is 44.6 Å². The number of aryl methyl sites for hydroxylation is 1. The minimum atomic E-state index is -4.13. The smallest absolute Gasteiger partial charge is 0.329 e. The number of rotatable bonds is 6. The van der Waals surface area contributed by atoms with Crippen LogP contribution >= 0.6 is 11.6 Å². The molecular formula is C20H20ClF4N5. The van der Waals surface area contributed by atoms with Gasteiger partial charge in [0.05, 0.1) is 26.0 Å². The van der Waals surface area contributed by atoms with Crippen molar-refractivity contribution in [2.24, 2.45) is 0 Å². The number of aromatic nitrogens is 4. The van der Waals surface area contributed by atoms with Gasteiger partial charge in [-0.15, -0.1) is 0 Å². The van der Waals surface area contributed by atoms with Gasteiger partial charge in [-0.25, -0.2) is 15.0 Å². The number of fused-ring (bicyclic) bond motifs is 1. The summed E-state index contributed by atoms with van der Waals surface area (Å²) in [5.41, 5.74) is 1.45. The van der Waals surface area contributed by atoms with E-state index in [2.05, 4.69) is 15.0 Å². The molecule has 3 heterocycles. The first-order valence-electron chi connectivity index (χ1n) is 9.67. The molecule has 0 saturated carbocycles. The quantitative estimate of drug-likeness (QED) is 0.507. The van der Waals surface area contributed by atoms with E-state index in [1.165, 1.54) is 6.33 Å². The van der Waals surface area contributed by atoms with Crippen LogP contribution in [0.4, 0.5) is 23.4 Å². The molecular weight excluding hydrogens is 422 g/mol. The Balaban J connectivity index is 1.78. The Kier molecular flexibility index (Phi) is 5.34. The van der Waals surface area contributed by atoms with Crippen LogP contribution in [0.15, 0.2) is 30.6 Å². The van der Waals surface area contributed by atoms with E-state index in [9.17, 15) is 17.6 Å². The molecule has 1 fully saturated rings. The standard InChI is InChI=1S/C20H20ClF4N5/c1-2-3-8-15-27-17-16(18(28-15)30-10-19(22,23)20(24,25)11-30)26-12-29(17)9-13-6-4-5-7-14(13)21/h4-7,12H,2-3,8-11H2,1H3. The van der Waals surface area contributed by atoms with Crippen LogP contribution in [-0.4, -0.2) is 44.5 Å². The summed E-state index contributed by atoms with van der Waals surface area (Å²) in [5.74, 6) is -7.83. The summed E-state index contributed by atoms with van der Waals surface area (Å²) in [6.07, 6.45) is 3.69. The Labute approximate surface area is 175 Å². The van der Waals surface area contributed by atoms with Crippen LogP contribution in [0.2, 0.25) is 5.02 Å². The van der Waals surface area contributed by atoms with Crippen LogP contribution in [-0.2, 0) is 13.0 Å². The summed E-state index contributed by atoms with van der Waals surface area (Å²) >= 11 is 6.25. The third kappa shape index (κ3) is 3.71. The number of unbranched alkanes of at least 4 members (excludes halogenated alkanes) is 1. The molecule has 1 saturated heterocycles. The third-order valence-corrected chi connectivity index (χ3v) is 5.53. The van der Waals surface area contributed by atoms with Gasteiger partial charge in [0, 0.05) is 11.4 Å². The fourth-order valence-electron chi connectivity index (χ4n) is 3.48. The molecule has 0 amide bonds. The Morgan fingerprint density at radius 2 is 1.77 bits per heavy atom. The molecule has 4 rings (SSSR count). The molecule has 10 heteroatoms. The molecule has 2 aromatic heterocycles. The van der Waals surface area contributed by atoms with Crippen molar-refractivity contribution in [3.63, 3.8) is 0 Å². The summed E-state index contributed by atoms with van der Waals surface area (Å²) in [6.45, 7) is 0.127. The largest absolute Gasteiger partial charge is 0.342 e. The van der Waals surface area contributed by atoms with Crippen molar-refractivity contribution in [1.29, 1.82) is 0 Å². The minimum absolute atomic E-state index is 0.0147. The molecule has 0 N–H and O–H groups in total. The van der Waals surface area contributed by atoms with E-state index in [0.717, 1.165) is 23.3 Å². The van der Waals surface area contributed by atoms with Gasteiger partial charge in [0.25, 0.3) is 0 Å². The van der Waals surface area contributed by atoms with Crippen LogP contribution in [0.5, 0.6) is 0 Å². The van der Waals surface area contributed by atoms with Crippen LogP contribution in [0.1, 0.15) is 31.2 Å². The van der Waals surface area contributed by atoms with Gasteiger partial charge < -0.3 is 9.47 Å². The van der Waals surface area contributed by atoms with Crippen LogP contribution in [0.3, 0.4) is 0 Å². The van der Waals surface area contributed by atoms with Crippen LogP contribution in [0, 0.1) is 0 Å². The number of alkyl halides is 4. The van der Waals surface area contributed by atoms with Crippen molar-refractivity contribution >= 4 is 28.6 Å². The summed E-state index contributed by atoms with van der Waals surface area (Å²) in [5, 5.41) is 0.568. The van der Waals surface area contributed by atoms with Crippen molar-refractivity contribution < 1.29 is 17.6 Å². The molecule has 0 unspecified atom stereocenters. The second kappa shape index (κ2) is 7.68. The Morgan fingerprint density at radius 1 is 1.07 bits per heavy atom. The number of benzene rings is 1. The maximum atomic E-state index is 13.8. The van der Waals surface area contributed by atoms with Gasteiger partial charge in [-0.2, -0.15) is 17.6 Å². The first-order valence-corrected chi connectivity index (χ1v) is 10.1. The summed E-state index contributed by atoms with van der Waals surface area (Å²) in [6, 6.07) is 7.28. The Bertz CT molecular complexity index is 1050. The molecule has 160 valence electrons. The monoisotopic (exact) mass is 441 g/mol. The fraction of sp³-hybridized carbons (Fsp3) is 0.450. The van der Waals surface area contributed by atoms with E-state index in [1.54, 1.807) is 10.6 Å². The van der Waals surface area contributed by atoms with Crippen molar-refractivity contribution in [3.8, 4) is 0 Å². The number of hydrogen-bond donors (Lipinski definition) is 0. The lowest BCUT2D eigenvalue weighted by atomic mass is 10.2. The summed E-state index contributed by atoms with van der Waals surface area (Å²) in [4.78, 5) is 14.1. The van der Waals surface area contributed by atoms with Gasteiger partial charge in [0.2, 0.25) is 0 Å². The second-order valence-corrected chi connectivity index (χ2v) is 7.88. The molecule has 0 spiro atoms. The lowest BCUT2D eigenvalue weighted by Gasteiger charge is -2.17. The lowest BCUT2D eigenvalue weighted by Crippen LogP contribution is -2.38. The number of anilines is 1. The zero-order chi connectivity index (χ0) is 21.5. The van der Waals surface area contributed by atoms with E-state index < -0.39 is 24.9 Å². The maximum absolute atomic E-state index is 13.8. The highest BCUT2D eigenvalue weighted by atomic mass is 35.5. The van der Waals surface area contributed by atoms with Gasteiger partial charge in [-0.3, -0.25) is 0 Å². The number of nitrogens with zero attached hydrogens (tertiary/aromatic N) is 5. The zero-order valence-electron chi connectivity index (χ0n) is 16.3. The van der Waals surface area contributed by atoms with E-state index >= 15 is 0 Å².